The van der Waals surface area contributed by atoms with E-state index in [-0.39, 0.29) is 17.2 Å². The van der Waals surface area contributed by atoms with Crippen molar-refractivity contribution in [3.8, 4) is 0 Å². The number of amides is 1. The number of rotatable bonds is 3. The first-order chi connectivity index (χ1) is 7.43. The van der Waals surface area contributed by atoms with E-state index in [1.54, 1.807) is 0 Å². The van der Waals surface area contributed by atoms with Crippen molar-refractivity contribution in [1.29, 1.82) is 0 Å². The molecule has 0 saturated heterocycles. The van der Waals surface area contributed by atoms with Gasteiger partial charge in [-0.2, -0.15) is 0 Å². The van der Waals surface area contributed by atoms with Gasteiger partial charge in [0, 0.05) is 12.5 Å². The minimum Gasteiger partial charge on any atom is -0.388 e. The van der Waals surface area contributed by atoms with Gasteiger partial charge >= 0.3 is 0 Å². The summed E-state index contributed by atoms with van der Waals surface area (Å²) in [6.45, 7) is 4.78. The van der Waals surface area contributed by atoms with Gasteiger partial charge in [-0.1, -0.05) is 20.3 Å². The average Bonchev–Trinajstić information content (AvgIpc) is 2.51. The fourth-order valence-electron chi connectivity index (χ4n) is 2.95. The van der Waals surface area contributed by atoms with E-state index in [2.05, 4.69) is 19.2 Å². The van der Waals surface area contributed by atoms with Crippen molar-refractivity contribution in [2.45, 2.75) is 58.0 Å². The van der Waals surface area contributed by atoms with E-state index in [9.17, 15) is 9.90 Å². The SMILES string of the molecule is CC1(C)CCCC1C(=O)NCC1(O)CCC1. The highest BCUT2D eigenvalue weighted by molar-refractivity contribution is 5.79. The molecule has 0 aromatic rings. The summed E-state index contributed by atoms with van der Waals surface area (Å²) in [6, 6.07) is 0. The largest absolute Gasteiger partial charge is 0.388 e. The normalized spacial score (nSPS) is 30.8. The van der Waals surface area contributed by atoms with Crippen LogP contribution < -0.4 is 5.32 Å². The van der Waals surface area contributed by atoms with E-state index < -0.39 is 5.60 Å². The van der Waals surface area contributed by atoms with Gasteiger partial charge in [-0.05, 0) is 37.5 Å². The van der Waals surface area contributed by atoms with Gasteiger partial charge in [-0.25, -0.2) is 0 Å². The maximum atomic E-state index is 12.0. The lowest BCUT2D eigenvalue weighted by Crippen LogP contribution is -2.49. The van der Waals surface area contributed by atoms with Gasteiger partial charge in [-0.15, -0.1) is 0 Å². The van der Waals surface area contributed by atoms with Crippen LogP contribution in [0.1, 0.15) is 52.4 Å². The van der Waals surface area contributed by atoms with Gasteiger partial charge in [-0.3, -0.25) is 4.79 Å². The van der Waals surface area contributed by atoms with Crippen molar-refractivity contribution in [1.82, 2.24) is 5.32 Å². The summed E-state index contributed by atoms with van der Waals surface area (Å²) in [5.41, 5.74) is -0.468. The Bertz CT molecular complexity index is 282. The Kier molecular flexibility index (Phi) is 2.99. The predicted molar refractivity (Wildman–Crippen MR) is 62.9 cm³/mol. The van der Waals surface area contributed by atoms with Crippen LogP contribution in [0.2, 0.25) is 0 Å². The first-order valence-corrected chi connectivity index (χ1v) is 6.43. The highest BCUT2D eigenvalue weighted by atomic mass is 16.3. The molecule has 2 N–H and O–H groups in total. The van der Waals surface area contributed by atoms with E-state index in [1.165, 1.54) is 0 Å². The Hall–Kier alpha value is -0.570. The summed E-state index contributed by atoms with van der Waals surface area (Å²) in [5.74, 6) is 0.277. The van der Waals surface area contributed by atoms with Gasteiger partial charge in [0.2, 0.25) is 5.91 Å². The van der Waals surface area contributed by atoms with Crippen LogP contribution in [-0.4, -0.2) is 23.2 Å². The zero-order valence-electron chi connectivity index (χ0n) is 10.4. The first-order valence-electron chi connectivity index (χ1n) is 6.43. The highest BCUT2D eigenvalue weighted by Crippen LogP contribution is 2.42. The Labute approximate surface area is 97.6 Å². The molecule has 0 bridgehead atoms. The lowest BCUT2D eigenvalue weighted by molar-refractivity contribution is -0.130. The van der Waals surface area contributed by atoms with Crippen LogP contribution in [0, 0.1) is 11.3 Å². The van der Waals surface area contributed by atoms with E-state index in [4.69, 9.17) is 0 Å². The van der Waals surface area contributed by atoms with Crippen molar-refractivity contribution < 1.29 is 9.90 Å². The van der Waals surface area contributed by atoms with Crippen molar-refractivity contribution in [2.75, 3.05) is 6.54 Å². The fourth-order valence-corrected chi connectivity index (χ4v) is 2.95. The number of carbonyl (C=O) groups is 1. The molecule has 3 heteroatoms. The van der Waals surface area contributed by atoms with Gasteiger partial charge in [0.1, 0.15) is 0 Å². The second kappa shape index (κ2) is 4.02. The quantitative estimate of drug-likeness (QED) is 0.770. The van der Waals surface area contributed by atoms with E-state index in [0.29, 0.717) is 6.54 Å². The molecule has 2 aliphatic rings. The average molecular weight is 225 g/mol. The number of aliphatic hydroxyl groups is 1. The minimum absolute atomic E-state index is 0.131. The van der Waals surface area contributed by atoms with E-state index in [0.717, 1.165) is 38.5 Å². The summed E-state index contributed by atoms with van der Waals surface area (Å²) in [6.07, 6.45) is 6.03. The molecule has 2 aliphatic carbocycles. The number of hydrogen-bond donors (Lipinski definition) is 2. The molecule has 0 aromatic heterocycles. The molecule has 0 radical (unpaired) electrons. The maximum Gasteiger partial charge on any atom is 0.223 e. The van der Waals surface area contributed by atoms with Crippen LogP contribution in [0.3, 0.4) is 0 Å². The summed E-state index contributed by atoms with van der Waals surface area (Å²) < 4.78 is 0. The lowest BCUT2D eigenvalue weighted by atomic mass is 9.79. The molecular formula is C13H23NO2. The molecule has 1 atom stereocenters. The van der Waals surface area contributed by atoms with Crippen LogP contribution in [0.15, 0.2) is 0 Å². The topological polar surface area (TPSA) is 49.3 Å². The van der Waals surface area contributed by atoms with Crippen LogP contribution in [-0.2, 0) is 4.79 Å². The molecule has 0 aliphatic heterocycles. The monoisotopic (exact) mass is 225 g/mol. The van der Waals surface area contributed by atoms with Gasteiger partial charge < -0.3 is 10.4 Å². The molecule has 0 heterocycles. The molecule has 2 saturated carbocycles. The number of hydrogen-bond acceptors (Lipinski definition) is 2. The molecule has 0 aromatic carbocycles. The molecule has 16 heavy (non-hydrogen) atoms. The van der Waals surface area contributed by atoms with Crippen molar-refractivity contribution in [3.63, 3.8) is 0 Å². The van der Waals surface area contributed by atoms with Gasteiger partial charge in [0.15, 0.2) is 0 Å². The molecule has 2 rings (SSSR count). The smallest absolute Gasteiger partial charge is 0.223 e. The maximum absolute atomic E-state index is 12.0. The summed E-state index contributed by atoms with van der Waals surface area (Å²) in [7, 11) is 0. The zero-order valence-corrected chi connectivity index (χ0v) is 10.4. The molecule has 1 amide bonds. The third kappa shape index (κ3) is 2.24. The van der Waals surface area contributed by atoms with Crippen LogP contribution in [0.25, 0.3) is 0 Å². The second-order valence-corrected chi connectivity index (χ2v) is 6.23. The molecular weight excluding hydrogens is 202 g/mol. The fraction of sp³-hybridized carbons (Fsp3) is 0.923. The van der Waals surface area contributed by atoms with Crippen LogP contribution in [0.5, 0.6) is 0 Å². The highest BCUT2D eigenvalue weighted by Gasteiger charge is 2.41. The Balaban J connectivity index is 1.83. The number of nitrogens with one attached hydrogen (secondary N) is 1. The Morgan fingerprint density at radius 2 is 2.00 bits per heavy atom. The summed E-state index contributed by atoms with van der Waals surface area (Å²) in [4.78, 5) is 12.0. The minimum atomic E-state index is -0.599. The molecule has 0 spiro atoms. The predicted octanol–water partition coefficient (Wildman–Crippen LogP) is 1.84. The van der Waals surface area contributed by atoms with E-state index >= 15 is 0 Å². The third-order valence-electron chi connectivity index (χ3n) is 4.45. The zero-order chi connectivity index (χ0) is 11.8. The standard InChI is InChI=1S/C13H23NO2/c1-12(2)6-3-5-10(12)11(15)14-9-13(16)7-4-8-13/h10,16H,3-9H2,1-2H3,(H,14,15). The Morgan fingerprint density at radius 1 is 1.31 bits per heavy atom. The molecule has 2 fully saturated rings. The van der Waals surface area contributed by atoms with Crippen LogP contribution >= 0.6 is 0 Å². The summed E-state index contributed by atoms with van der Waals surface area (Å²) in [5, 5.41) is 12.9. The first kappa shape index (κ1) is 11.9. The summed E-state index contributed by atoms with van der Waals surface area (Å²) >= 11 is 0. The van der Waals surface area contributed by atoms with Gasteiger partial charge in [0.05, 0.1) is 5.60 Å². The second-order valence-electron chi connectivity index (χ2n) is 6.23. The molecule has 3 nitrogen and oxygen atoms in total. The van der Waals surface area contributed by atoms with Gasteiger partial charge in [0.25, 0.3) is 0 Å². The van der Waals surface area contributed by atoms with Crippen molar-refractivity contribution in [2.24, 2.45) is 11.3 Å². The van der Waals surface area contributed by atoms with E-state index in [1.807, 2.05) is 0 Å². The number of carbonyl (C=O) groups excluding carboxylic acids is 1. The Morgan fingerprint density at radius 3 is 2.44 bits per heavy atom. The molecule has 92 valence electrons. The lowest BCUT2D eigenvalue weighted by Gasteiger charge is -2.37. The molecule has 1 unspecified atom stereocenters. The van der Waals surface area contributed by atoms with Crippen molar-refractivity contribution in [3.05, 3.63) is 0 Å². The van der Waals surface area contributed by atoms with Crippen LogP contribution in [0.4, 0.5) is 0 Å². The van der Waals surface area contributed by atoms with Crippen molar-refractivity contribution >= 4 is 5.91 Å². The third-order valence-corrected chi connectivity index (χ3v) is 4.45.